The summed E-state index contributed by atoms with van der Waals surface area (Å²) in [6.07, 6.45) is 3.17. The standard InChI is InChI=1S/CH3Cl.CH4S/c2*1-2/h1H3;2H,1H3. The van der Waals surface area contributed by atoms with Gasteiger partial charge in [-0.1, -0.05) is 0 Å². The SMILES string of the molecule is CCl.CS. The average molecular weight is 98.6 g/mol. The fourth-order valence-corrected chi connectivity index (χ4v) is 0. The Morgan fingerprint density at radius 3 is 1.25 bits per heavy atom. The molecule has 4 heavy (non-hydrogen) atoms. The Hall–Kier alpha value is 0.640. The summed E-state index contributed by atoms with van der Waals surface area (Å²) in [5, 5.41) is 0. The van der Waals surface area contributed by atoms with Crippen LogP contribution >= 0.6 is 24.2 Å². The van der Waals surface area contributed by atoms with Crippen LogP contribution in [0.15, 0.2) is 0 Å². The van der Waals surface area contributed by atoms with Crippen molar-refractivity contribution in [1.29, 1.82) is 0 Å². The van der Waals surface area contributed by atoms with Crippen molar-refractivity contribution in [2.45, 2.75) is 0 Å². The summed E-state index contributed by atoms with van der Waals surface area (Å²) < 4.78 is 0. The van der Waals surface area contributed by atoms with E-state index in [1.165, 1.54) is 6.38 Å². The number of rotatable bonds is 0. The number of hydrogen-bond donors (Lipinski definition) is 1. The number of halogens is 1. The van der Waals surface area contributed by atoms with Crippen LogP contribution < -0.4 is 0 Å². The fraction of sp³-hybridized carbons (Fsp3) is 1.00. The quantitative estimate of drug-likeness (QED) is 0.344. The summed E-state index contributed by atoms with van der Waals surface area (Å²) in [5.41, 5.74) is 0. The van der Waals surface area contributed by atoms with Crippen LogP contribution in [0.25, 0.3) is 0 Å². The number of thiol groups is 1. The summed E-state index contributed by atoms with van der Waals surface area (Å²) in [5.74, 6) is 0. The molecule has 2 heteroatoms. The van der Waals surface area contributed by atoms with Gasteiger partial charge in [0.25, 0.3) is 0 Å². The van der Waals surface area contributed by atoms with E-state index in [1.54, 1.807) is 6.26 Å². The summed E-state index contributed by atoms with van der Waals surface area (Å²) in [4.78, 5) is 0. The smallest absolute Gasteiger partial charge is 0.0108 e. The first kappa shape index (κ1) is 8.82. The van der Waals surface area contributed by atoms with Crippen molar-refractivity contribution in [3.63, 3.8) is 0 Å². The van der Waals surface area contributed by atoms with Crippen LogP contribution in [-0.4, -0.2) is 12.6 Å². The fourth-order valence-electron chi connectivity index (χ4n) is 0. The van der Waals surface area contributed by atoms with Crippen LogP contribution in [-0.2, 0) is 0 Å². The maximum absolute atomic E-state index is 4.64. The highest BCUT2D eigenvalue weighted by Crippen LogP contribution is 1.34. The second kappa shape index (κ2) is 61.9. The van der Waals surface area contributed by atoms with Crippen LogP contribution in [0, 0.1) is 0 Å². The van der Waals surface area contributed by atoms with Gasteiger partial charge in [-0.05, 0) is 6.26 Å². The maximum atomic E-state index is 4.64. The molecule has 0 saturated heterocycles. The number of alkyl halides is 1. The molecule has 0 aromatic carbocycles. The van der Waals surface area contributed by atoms with Crippen molar-refractivity contribution in [3.8, 4) is 0 Å². The minimum absolute atomic E-state index is 1.47. The largest absolute Gasteiger partial charge is 0.183 e. The van der Waals surface area contributed by atoms with Crippen molar-refractivity contribution in [3.05, 3.63) is 0 Å². The Balaban J connectivity index is 0. The summed E-state index contributed by atoms with van der Waals surface area (Å²) in [6.45, 7) is 0. The first-order chi connectivity index (χ1) is 2.00. The van der Waals surface area contributed by atoms with Gasteiger partial charge in [0.05, 0.1) is 0 Å². The maximum Gasteiger partial charge on any atom is 0.0108 e. The molecule has 0 saturated carbocycles. The second-order valence-electron chi connectivity index (χ2n) is 0. The van der Waals surface area contributed by atoms with E-state index in [-0.39, 0.29) is 0 Å². The topological polar surface area (TPSA) is 0 Å². The predicted molar refractivity (Wildman–Crippen MR) is 26.7 cm³/mol. The summed E-state index contributed by atoms with van der Waals surface area (Å²) >= 11 is 8.17. The van der Waals surface area contributed by atoms with E-state index in [4.69, 9.17) is 0 Å². The van der Waals surface area contributed by atoms with Crippen LogP contribution in [0.5, 0.6) is 0 Å². The van der Waals surface area contributed by atoms with E-state index in [1.807, 2.05) is 0 Å². The zero-order valence-corrected chi connectivity index (χ0v) is 4.48. The molecule has 0 aliphatic rings. The predicted octanol–water partition coefficient (Wildman–Crippen LogP) is 1.40. The van der Waals surface area contributed by atoms with Gasteiger partial charge in [-0.15, -0.1) is 11.6 Å². The van der Waals surface area contributed by atoms with Crippen LogP contribution in [0.2, 0.25) is 0 Å². The normalized spacial score (nSPS) is 3.00. The third kappa shape index (κ3) is 17.3. The lowest BCUT2D eigenvalue weighted by Gasteiger charge is -1.11. The van der Waals surface area contributed by atoms with Crippen LogP contribution in [0.1, 0.15) is 0 Å². The Kier molecular flexibility index (Phi) is 137. The Morgan fingerprint density at radius 1 is 1.25 bits per heavy atom. The monoisotopic (exact) mass is 98.0 g/mol. The van der Waals surface area contributed by atoms with Gasteiger partial charge in [-0.2, -0.15) is 12.6 Å². The Labute approximate surface area is 37.6 Å². The first-order valence-electron chi connectivity index (χ1n) is 0.825. The van der Waals surface area contributed by atoms with Gasteiger partial charge < -0.3 is 0 Å². The minimum atomic E-state index is 1.47. The van der Waals surface area contributed by atoms with E-state index in [2.05, 4.69) is 24.2 Å². The van der Waals surface area contributed by atoms with E-state index < -0.39 is 0 Å². The lowest BCUT2D eigenvalue weighted by atomic mass is 12.0. The Morgan fingerprint density at radius 2 is 1.25 bits per heavy atom. The van der Waals surface area contributed by atoms with Crippen LogP contribution in [0.3, 0.4) is 0 Å². The molecule has 0 amide bonds. The van der Waals surface area contributed by atoms with Gasteiger partial charge in [0.2, 0.25) is 0 Å². The Bertz CT molecular complexity index is 6.00. The molecule has 0 aliphatic carbocycles. The molecule has 0 fully saturated rings. The molecule has 28 valence electrons. The molecule has 0 spiro atoms. The van der Waals surface area contributed by atoms with Gasteiger partial charge in [0.1, 0.15) is 0 Å². The second-order valence-corrected chi connectivity index (χ2v) is 0. The van der Waals surface area contributed by atoms with E-state index in [0.717, 1.165) is 0 Å². The van der Waals surface area contributed by atoms with E-state index in [9.17, 15) is 0 Å². The molecule has 0 radical (unpaired) electrons. The summed E-state index contributed by atoms with van der Waals surface area (Å²) in [7, 11) is 0. The molecule has 0 N–H and O–H groups in total. The average Bonchev–Trinajstić information content (AvgIpc) is 1.50. The van der Waals surface area contributed by atoms with Gasteiger partial charge in [-0.25, -0.2) is 0 Å². The third-order valence-corrected chi connectivity index (χ3v) is 0. The first-order valence-corrected chi connectivity index (χ1v) is 2.48. The van der Waals surface area contributed by atoms with Crippen molar-refractivity contribution >= 4 is 24.2 Å². The lowest BCUT2D eigenvalue weighted by Crippen LogP contribution is -0.865. The highest BCUT2D eigenvalue weighted by molar-refractivity contribution is 7.79. The number of hydrogen-bond acceptors (Lipinski definition) is 1. The zero-order chi connectivity index (χ0) is 4.00. The third-order valence-electron chi connectivity index (χ3n) is 0. The van der Waals surface area contributed by atoms with Crippen LogP contribution in [0.4, 0.5) is 0 Å². The molecule has 0 heterocycles. The van der Waals surface area contributed by atoms with Gasteiger partial charge in [-0.3, -0.25) is 0 Å². The molecule has 0 atom stereocenters. The molecule has 0 rings (SSSR count). The highest BCUT2D eigenvalue weighted by Gasteiger charge is 0.943. The van der Waals surface area contributed by atoms with Gasteiger partial charge in [0, 0.05) is 6.38 Å². The highest BCUT2D eigenvalue weighted by atomic mass is 35.5. The van der Waals surface area contributed by atoms with Crippen molar-refractivity contribution < 1.29 is 0 Å². The van der Waals surface area contributed by atoms with Crippen molar-refractivity contribution in [1.82, 2.24) is 0 Å². The van der Waals surface area contributed by atoms with Gasteiger partial charge in [0.15, 0.2) is 0 Å². The lowest BCUT2D eigenvalue weighted by molar-refractivity contribution is 2.46. The molecular weight excluding hydrogens is 91.5 g/mol. The molecule has 0 aliphatic heterocycles. The molecule has 0 unspecified atom stereocenters. The minimum Gasteiger partial charge on any atom is -0.183 e. The molecule has 0 aromatic heterocycles. The molecular formula is C2H7ClS. The molecule has 0 aromatic rings. The molecule has 0 nitrogen and oxygen atoms in total. The molecule has 0 bridgehead atoms. The van der Waals surface area contributed by atoms with Crippen molar-refractivity contribution in [2.75, 3.05) is 12.6 Å². The summed E-state index contributed by atoms with van der Waals surface area (Å²) in [6, 6.07) is 0. The van der Waals surface area contributed by atoms with Crippen molar-refractivity contribution in [2.24, 2.45) is 0 Å². The van der Waals surface area contributed by atoms with Gasteiger partial charge >= 0.3 is 0 Å². The van der Waals surface area contributed by atoms with E-state index >= 15 is 0 Å². The zero-order valence-electron chi connectivity index (χ0n) is 2.83. The van der Waals surface area contributed by atoms with E-state index in [0.29, 0.717) is 0 Å².